The molecule has 0 aliphatic carbocycles. The summed E-state index contributed by atoms with van der Waals surface area (Å²) >= 11 is 0. The van der Waals surface area contributed by atoms with Gasteiger partial charge in [-0.15, -0.1) is 0 Å². The molecule has 1 aliphatic rings. The molecule has 0 saturated carbocycles. The Morgan fingerprint density at radius 3 is 2.19 bits per heavy atom. The molecule has 1 aliphatic heterocycles. The van der Waals surface area contributed by atoms with Gasteiger partial charge in [-0.2, -0.15) is 0 Å². The average Bonchev–Trinajstić information content (AvgIpc) is 3.08. The number of benzene rings is 3. The normalized spacial score (nSPS) is 17.4. The van der Waals surface area contributed by atoms with Gasteiger partial charge in [0.15, 0.2) is 0 Å². The van der Waals surface area contributed by atoms with Crippen molar-refractivity contribution in [3.63, 3.8) is 0 Å². The second-order valence-corrected chi connectivity index (χ2v) is 7.45. The molecule has 5 heteroatoms. The molecule has 4 rings (SSSR count). The van der Waals surface area contributed by atoms with Gasteiger partial charge in [0.1, 0.15) is 18.1 Å². The lowest BCUT2D eigenvalue weighted by Crippen LogP contribution is -2.29. The smallest absolute Gasteiger partial charge is 0.295 e. The van der Waals surface area contributed by atoms with Crippen molar-refractivity contribution in [2.24, 2.45) is 0 Å². The number of aliphatic hydroxyl groups is 1. The molecular weight excluding hydrogens is 402 g/mol. The first kappa shape index (κ1) is 21.1. The fourth-order valence-electron chi connectivity index (χ4n) is 3.82. The van der Waals surface area contributed by atoms with Gasteiger partial charge in [0.25, 0.3) is 11.7 Å². The monoisotopic (exact) mass is 425 g/mol. The molecule has 1 saturated heterocycles. The molecule has 0 aromatic heterocycles. The second kappa shape index (κ2) is 9.35. The molecule has 3 aromatic carbocycles. The predicted octanol–water partition coefficient (Wildman–Crippen LogP) is 4.87. The standard InChI is InChI=1S/C27H23NO4/c1-2-17-32-22-15-13-20(14-16-22)24-23(25(29)21-11-7-4-8-12-21)26(30)27(31)28(24)18-19-9-5-3-6-10-19/h2-16,24,29H,1,17-18H2/b25-23+. The molecule has 1 fully saturated rings. The van der Waals surface area contributed by atoms with Crippen molar-refractivity contribution in [1.29, 1.82) is 0 Å². The van der Waals surface area contributed by atoms with E-state index in [0.717, 1.165) is 5.56 Å². The zero-order valence-electron chi connectivity index (χ0n) is 17.5. The molecule has 3 aromatic rings. The van der Waals surface area contributed by atoms with Gasteiger partial charge in [-0.3, -0.25) is 9.59 Å². The van der Waals surface area contributed by atoms with Gasteiger partial charge in [-0.05, 0) is 23.3 Å². The van der Waals surface area contributed by atoms with Crippen LogP contribution in [0.3, 0.4) is 0 Å². The van der Waals surface area contributed by atoms with E-state index in [1.807, 2.05) is 48.5 Å². The lowest BCUT2D eigenvalue weighted by Gasteiger charge is -2.25. The topological polar surface area (TPSA) is 66.8 Å². The summed E-state index contributed by atoms with van der Waals surface area (Å²) in [6.07, 6.45) is 1.66. The molecule has 1 N–H and O–H groups in total. The van der Waals surface area contributed by atoms with Gasteiger partial charge in [-0.25, -0.2) is 0 Å². The Morgan fingerprint density at radius 1 is 0.938 bits per heavy atom. The Balaban J connectivity index is 1.80. The average molecular weight is 425 g/mol. The number of ketones is 1. The van der Waals surface area contributed by atoms with Gasteiger partial charge in [0, 0.05) is 12.1 Å². The number of rotatable bonds is 7. The molecule has 0 radical (unpaired) electrons. The van der Waals surface area contributed by atoms with Gasteiger partial charge < -0.3 is 14.7 Å². The minimum atomic E-state index is -0.719. The maximum atomic E-state index is 13.1. The van der Waals surface area contributed by atoms with Gasteiger partial charge in [-0.1, -0.05) is 85.5 Å². The summed E-state index contributed by atoms with van der Waals surface area (Å²) in [6, 6.07) is 24.7. The fraction of sp³-hybridized carbons (Fsp3) is 0.111. The van der Waals surface area contributed by atoms with Crippen LogP contribution >= 0.6 is 0 Å². The van der Waals surface area contributed by atoms with Crippen molar-refractivity contribution >= 4 is 17.4 Å². The third kappa shape index (κ3) is 4.18. The lowest BCUT2D eigenvalue weighted by atomic mass is 9.95. The predicted molar refractivity (Wildman–Crippen MR) is 123 cm³/mol. The summed E-state index contributed by atoms with van der Waals surface area (Å²) in [4.78, 5) is 27.6. The van der Waals surface area contributed by atoms with E-state index in [9.17, 15) is 14.7 Å². The first-order valence-corrected chi connectivity index (χ1v) is 10.3. The van der Waals surface area contributed by atoms with Crippen molar-refractivity contribution < 1.29 is 19.4 Å². The van der Waals surface area contributed by atoms with E-state index < -0.39 is 17.7 Å². The molecule has 160 valence electrons. The van der Waals surface area contributed by atoms with Crippen molar-refractivity contribution in [3.8, 4) is 5.75 Å². The summed E-state index contributed by atoms with van der Waals surface area (Å²) < 4.78 is 5.55. The number of nitrogens with zero attached hydrogens (tertiary/aromatic N) is 1. The van der Waals surface area contributed by atoms with Crippen LogP contribution in [0.1, 0.15) is 22.7 Å². The number of ether oxygens (including phenoxy) is 1. The van der Waals surface area contributed by atoms with E-state index in [-0.39, 0.29) is 17.9 Å². The highest BCUT2D eigenvalue weighted by Crippen LogP contribution is 2.40. The number of hydrogen-bond acceptors (Lipinski definition) is 4. The molecule has 0 bridgehead atoms. The zero-order valence-corrected chi connectivity index (χ0v) is 17.5. The van der Waals surface area contributed by atoms with Crippen LogP contribution < -0.4 is 4.74 Å². The Hall–Kier alpha value is -4.12. The molecule has 1 heterocycles. The van der Waals surface area contributed by atoms with Gasteiger partial charge in [0.2, 0.25) is 0 Å². The van der Waals surface area contributed by atoms with E-state index in [4.69, 9.17) is 4.74 Å². The minimum Gasteiger partial charge on any atom is -0.507 e. The maximum absolute atomic E-state index is 13.1. The minimum absolute atomic E-state index is 0.0805. The van der Waals surface area contributed by atoms with Gasteiger partial charge in [0.05, 0.1) is 11.6 Å². The number of Topliss-reactive ketones (excluding diaryl/α,β-unsaturated/α-hetero) is 1. The van der Waals surface area contributed by atoms with Gasteiger partial charge >= 0.3 is 0 Å². The highest BCUT2D eigenvalue weighted by molar-refractivity contribution is 6.46. The first-order chi connectivity index (χ1) is 15.6. The summed E-state index contributed by atoms with van der Waals surface area (Å²) in [5, 5.41) is 11.0. The summed E-state index contributed by atoms with van der Waals surface area (Å²) in [5.41, 5.74) is 2.17. The molecular formula is C27H23NO4. The van der Waals surface area contributed by atoms with Crippen molar-refractivity contribution in [2.45, 2.75) is 12.6 Å². The molecule has 0 spiro atoms. The summed E-state index contributed by atoms with van der Waals surface area (Å²) in [6.45, 7) is 4.26. The van der Waals surface area contributed by atoms with E-state index >= 15 is 0 Å². The Bertz CT molecular complexity index is 1150. The number of carbonyl (C=O) groups is 2. The highest BCUT2D eigenvalue weighted by Gasteiger charge is 2.46. The van der Waals surface area contributed by atoms with Crippen LogP contribution in [0.4, 0.5) is 0 Å². The fourth-order valence-corrected chi connectivity index (χ4v) is 3.82. The van der Waals surface area contributed by atoms with Crippen LogP contribution in [-0.4, -0.2) is 28.3 Å². The molecule has 32 heavy (non-hydrogen) atoms. The molecule has 1 amide bonds. The van der Waals surface area contributed by atoms with E-state index in [0.29, 0.717) is 23.5 Å². The van der Waals surface area contributed by atoms with E-state index in [1.165, 1.54) is 4.90 Å². The molecule has 1 atom stereocenters. The van der Waals surface area contributed by atoms with Crippen LogP contribution in [0.25, 0.3) is 5.76 Å². The third-order valence-electron chi connectivity index (χ3n) is 5.35. The number of aliphatic hydroxyl groups excluding tert-OH is 1. The SMILES string of the molecule is C=CCOc1ccc(C2/C(=C(\O)c3ccccc3)C(=O)C(=O)N2Cc2ccccc2)cc1. The molecule has 1 unspecified atom stereocenters. The number of amides is 1. The Morgan fingerprint density at radius 2 is 1.56 bits per heavy atom. The zero-order chi connectivity index (χ0) is 22.5. The van der Waals surface area contributed by atoms with E-state index in [2.05, 4.69) is 6.58 Å². The number of likely N-dealkylation sites (tertiary alicyclic amines) is 1. The maximum Gasteiger partial charge on any atom is 0.295 e. The largest absolute Gasteiger partial charge is 0.507 e. The summed E-state index contributed by atoms with van der Waals surface area (Å²) in [5.74, 6) is -0.865. The van der Waals surface area contributed by atoms with Crippen LogP contribution in [-0.2, 0) is 16.1 Å². The quantitative estimate of drug-likeness (QED) is 0.254. The Kier molecular flexibility index (Phi) is 6.17. The molecule has 5 nitrogen and oxygen atoms in total. The van der Waals surface area contributed by atoms with E-state index in [1.54, 1.807) is 42.5 Å². The highest BCUT2D eigenvalue weighted by atomic mass is 16.5. The third-order valence-corrected chi connectivity index (χ3v) is 5.35. The van der Waals surface area contributed by atoms with Crippen LogP contribution in [0.5, 0.6) is 5.75 Å². The van der Waals surface area contributed by atoms with Crippen LogP contribution in [0.15, 0.2) is 103 Å². The first-order valence-electron chi connectivity index (χ1n) is 10.3. The van der Waals surface area contributed by atoms with Crippen molar-refractivity contribution in [1.82, 2.24) is 4.90 Å². The van der Waals surface area contributed by atoms with Crippen LogP contribution in [0, 0.1) is 0 Å². The number of hydrogen-bond donors (Lipinski definition) is 1. The second-order valence-electron chi connectivity index (χ2n) is 7.45. The van der Waals surface area contributed by atoms with Crippen molar-refractivity contribution in [2.75, 3.05) is 6.61 Å². The summed E-state index contributed by atoms with van der Waals surface area (Å²) in [7, 11) is 0. The number of carbonyl (C=O) groups excluding carboxylic acids is 2. The van der Waals surface area contributed by atoms with Crippen molar-refractivity contribution in [3.05, 3.63) is 120 Å². The Labute approximate surface area is 186 Å². The van der Waals surface area contributed by atoms with Crippen LogP contribution in [0.2, 0.25) is 0 Å². The lowest BCUT2D eigenvalue weighted by molar-refractivity contribution is -0.140.